The second kappa shape index (κ2) is 19.4. The van der Waals surface area contributed by atoms with Crippen molar-refractivity contribution in [2.75, 3.05) is 18.8 Å². The molecule has 20 heteroatoms. The number of ketones is 1. The van der Waals surface area contributed by atoms with E-state index in [0.717, 1.165) is 12.1 Å². The fraction of sp³-hybridized carbons (Fsp3) is 0.286. The number of nitrogens with two attached hydrogens (primary N) is 1. The monoisotopic (exact) mass is 747 g/mol. The van der Waals surface area contributed by atoms with Crippen LogP contribution in [0.3, 0.4) is 0 Å². The predicted molar refractivity (Wildman–Crippen MR) is 161 cm³/mol. The van der Waals surface area contributed by atoms with Gasteiger partial charge in [0.1, 0.15) is 10.1 Å². The summed E-state index contributed by atoms with van der Waals surface area (Å²) in [5.74, 6) is -1.71. The van der Waals surface area contributed by atoms with E-state index in [1.165, 1.54) is 24.3 Å². The summed E-state index contributed by atoms with van der Waals surface area (Å²) in [5.41, 5.74) is 6.67. The number of nitrogens with one attached hydrogen (secondary N) is 2. The van der Waals surface area contributed by atoms with Gasteiger partial charge in [-0.1, -0.05) is 37.3 Å². The molecule has 1 atom stereocenters. The zero-order valence-electron chi connectivity index (χ0n) is 26.8. The van der Waals surface area contributed by atoms with E-state index in [1.807, 2.05) is 0 Å². The van der Waals surface area contributed by atoms with Gasteiger partial charge in [0.25, 0.3) is 0 Å². The summed E-state index contributed by atoms with van der Waals surface area (Å²) in [4.78, 5) is 22.5. The van der Waals surface area contributed by atoms with Crippen molar-refractivity contribution in [1.82, 2.24) is 10.0 Å². The largest absolute Gasteiger partial charge is 1.00 e. The third-order valence-corrected chi connectivity index (χ3v) is 10.2. The third kappa shape index (κ3) is 10.6. The number of anilines is 1. The summed E-state index contributed by atoms with van der Waals surface area (Å²) in [6, 6.07) is 6.21. The maximum Gasteiger partial charge on any atom is 1.00 e. The van der Waals surface area contributed by atoms with Gasteiger partial charge in [0.2, 0.25) is 10.0 Å². The molecule has 0 aliphatic rings. The quantitative estimate of drug-likeness (QED) is 0.0105. The molecule has 14 nitrogen and oxygen atoms in total. The number of hydrogen-bond acceptors (Lipinski definition) is 14. The SMILES string of the molecule is C=C(C)C(=O)CCNCCCCC(NS(=O)(=O)c1cc(N)c2ccc3c(S(=O)(=O)[O-])cc(SOO[O-])c4ccc1c2c43)C(=O)[O-].[Na+].[Na+].[Na+]. The molecule has 0 radical (unpaired) electrons. The number of carboxylic acid groups (broad SMARTS) is 1. The van der Waals surface area contributed by atoms with Crippen molar-refractivity contribution >= 4 is 81.9 Å². The summed E-state index contributed by atoms with van der Waals surface area (Å²) >= 11 is 0.350. The second-order valence-electron chi connectivity index (χ2n) is 10.3. The van der Waals surface area contributed by atoms with E-state index >= 15 is 0 Å². The van der Waals surface area contributed by atoms with Gasteiger partial charge in [-0.05, 0) is 54.8 Å². The molecule has 0 saturated carbocycles. The number of sulfonamides is 1. The first-order valence-corrected chi connectivity index (χ1v) is 17.1. The first-order chi connectivity index (χ1) is 21.2. The van der Waals surface area contributed by atoms with Crippen molar-refractivity contribution in [2.24, 2.45) is 0 Å². The van der Waals surface area contributed by atoms with Crippen LogP contribution in [0.15, 0.2) is 63.2 Å². The number of unbranched alkanes of at least 4 members (excludes halogenated alkanes) is 1. The van der Waals surface area contributed by atoms with Crippen molar-refractivity contribution in [3.63, 3.8) is 0 Å². The van der Waals surface area contributed by atoms with Crippen molar-refractivity contribution in [2.45, 2.75) is 53.3 Å². The van der Waals surface area contributed by atoms with Gasteiger partial charge in [-0.3, -0.25) is 9.83 Å². The first-order valence-electron chi connectivity index (χ1n) is 13.4. The van der Waals surface area contributed by atoms with Crippen LogP contribution in [0.5, 0.6) is 0 Å². The summed E-state index contributed by atoms with van der Waals surface area (Å²) in [6.45, 7) is 6.09. The zero-order valence-corrected chi connectivity index (χ0v) is 35.2. The number of allylic oxidation sites excluding steroid dienone is 1. The number of hydrogen-bond donors (Lipinski definition) is 3. The van der Waals surface area contributed by atoms with Crippen LogP contribution >= 0.6 is 12.0 Å². The zero-order chi connectivity index (χ0) is 33.1. The molecule has 0 aliphatic carbocycles. The maximum absolute atomic E-state index is 13.6. The molecule has 0 heterocycles. The first kappa shape index (κ1) is 45.6. The van der Waals surface area contributed by atoms with E-state index in [4.69, 9.17) is 5.73 Å². The molecule has 242 valence electrons. The van der Waals surface area contributed by atoms with E-state index in [0.29, 0.717) is 54.3 Å². The topological polar surface area (TPSA) is 240 Å². The van der Waals surface area contributed by atoms with Crippen LogP contribution in [0, 0.1) is 0 Å². The summed E-state index contributed by atoms with van der Waals surface area (Å²) in [7, 11) is -9.64. The minimum atomic E-state index is -5.07. The second-order valence-corrected chi connectivity index (χ2v) is 14.0. The molecule has 0 saturated heterocycles. The van der Waals surface area contributed by atoms with Gasteiger partial charge >= 0.3 is 88.7 Å². The van der Waals surface area contributed by atoms with E-state index in [9.17, 15) is 41.3 Å². The van der Waals surface area contributed by atoms with Gasteiger partial charge in [-0.15, -0.1) is 0 Å². The third-order valence-electron chi connectivity index (χ3n) is 7.21. The standard InChI is InChI=1S/C28H31N3O11S3.3Na/c1-15(2)22(32)10-12-30-11-4-3-5-21(28(33)34)31-44(36,37)24-13-20(29)16-6-8-19-25(45(38,39)40)14-23(43-42-41-35)17-7-9-18(24)26(16)27(17)19;;;/h6-9,13-14,21,30-31,35H,1,3-5,10-12,29H2,2H3,(H,33,34)(H,38,39,40);;;/q;3*+1/p-3. The smallest absolute Gasteiger partial charge is 0.744 e. The Bertz CT molecular complexity index is 2010. The molecule has 4 rings (SSSR count). The Balaban J connectivity index is 0.00000384. The molecule has 4 aromatic carbocycles. The number of benzene rings is 4. The number of Topliss-reactive ketones (excluding diaryl/α,β-unsaturated/α-hetero) is 1. The summed E-state index contributed by atoms with van der Waals surface area (Å²) in [5, 5.41) is 29.8. The molecule has 1 unspecified atom stereocenters. The fourth-order valence-electron chi connectivity index (χ4n) is 5.09. The summed E-state index contributed by atoms with van der Waals surface area (Å²) in [6.07, 6.45) is 0.980. The Kier molecular flexibility index (Phi) is 18.5. The van der Waals surface area contributed by atoms with Crippen LogP contribution < -0.4 is 115 Å². The van der Waals surface area contributed by atoms with Gasteiger partial charge < -0.3 is 30.8 Å². The van der Waals surface area contributed by atoms with E-state index < -0.39 is 37.0 Å². The Hall–Kier alpha value is -0.390. The molecule has 0 aromatic heterocycles. The van der Waals surface area contributed by atoms with Crippen molar-refractivity contribution < 1.29 is 139 Å². The van der Waals surface area contributed by atoms with Crippen LogP contribution in [-0.4, -0.2) is 52.3 Å². The molecular weight excluding hydrogens is 719 g/mol. The number of rotatable bonds is 17. The molecular formula is C28H28N3Na3O11S3. The van der Waals surface area contributed by atoms with Crippen molar-refractivity contribution in [1.29, 1.82) is 0 Å². The summed E-state index contributed by atoms with van der Waals surface area (Å²) < 4.78 is 70.4. The van der Waals surface area contributed by atoms with Crippen LogP contribution in [0.4, 0.5) is 5.69 Å². The number of aliphatic carboxylic acids is 1. The minimum Gasteiger partial charge on any atom is -0.744 e. The Morgan fingerprint density at radius 1 is 0.938 bits per heavy atom. The van der Waals surface area contributed by atoms with E-state index in [-0.39, 0.29) is 144 Å². The van der Waals surface area contributed by atoms with Crippen LogP contribution in [-0.2, 0) is 39.1 Å². The van der Waals surface area contributed by atoms with Crippen LogP contribution in [0.1, 0.15) is 32.6 Å². The molecule has 0 spiro atoms. The Morgan fingerprint density at radius 2 is 1.52 bits per heavy atom. The van der Waals surface area contributed by atoms with Gasteiger partial charge in [0.15, 0.2) is 5.78 Å². The average molecular weight is 748 g/mol. The molecule has 4 aromatic rings. The van der Waals surface area contributed by atoms with Crippen LogP contribution in [0.25, 0.3) is 32.3 Å². The van der Waals surface area contributed by atoms with Gasteiger partial charge in [-0.2, -0.15) is 4.33 Å². The molecule has 0 bridgehead atoms. The van der Waals surface area contributed by atoms with Gasteiger partial charge in [0.05, 0.1) is 33.8 Å². The Labute approximate surface area is 348 Å². The van der Waals surface area contributed by atoms with E-state index in [2.05, 4.69) is 26.0 Å². The van der Waals surface area contributed by atoms with E-state index in [1.54, 1.807) is 6.92 Å². The van der Waals surface area contributed by atoms with Gasteiger partial charge in [-0.25, -0.2) is 21.6 Å². The Morgan fingerprint density at radius 3 is 2.10 bits per heavy atom. The predicted octanol–water partition coefficient (Wildman–Crippen LogP) is -8.00. The average Bonchev–Trinajstić information content (AvgIpc) is 2.97. The number of nitrogen functional groups attached to an aromatic ring is 1. The fourth-order valence-corrected chi connectivity index (χ4v) is 7.85. The molecule has 0 amide bonds. The number of carbonyl (C=O) groups is 2. The normalized spacial score (nSPS) is 12.3. The minimum absolute atomic E-state index is 0. The van der Waals surface area contributed by atoms with Crippen molar-refractivity contribution in [3.8, 4) is 0 Å². The van der Waals surface area contributed by atoms with Crippen LogP contribution in [0.2, 0.25) is 0 Å². The van der Waals surface area contributed by atoms with Crippen molar-refractivity contribution in [3.05, 3.63) is 48.6 Å². The molecule has 0 aliphatic heterocycles. The molecule has 48 heavy (non-hydrogen) atoms. The number of carbonyl (C=O) groups excluding carboxylic acids is 2. The molecule has 4 N–H and O–H groups in total. The maximum atomic E-state index is 13.6. The number of carboxylic acids is 1. The molecule has 0 fully saturated rings. The van der Waals surface area contributed by atoms with Gasteiger partial charge in [0, 0.05) is 45.1 Å².